The summed E-state index contributed by atoms with van der Waals surface area (Å²) in [5.41, 5.74) is 2.41. The van der Waals surface area contributed by atoms with E-state index in [0.29, 0.717) is 18.8 Å². The van der Waals surface area contributed by atoms with E-state index in [2.05, 4.69) is 10.6 Å². The van der Waals surface area contributed by atoms with E-state index in [1.165, 1.54) is 16.4 Å². The van der Waals surface area contributed by atoms with E-state index < -0.39 is 10.0 Å². The van der Waals surface area contributed by atoms with Crippen molar-refractivity contribution >= 4 is 27.3 Å². The Morgan fingerprint density at radius 3 is 2.31 bits per heavy atom. The average Bonchev–Trinajstić information content (AvgIpc) is 2.61. The second-order valence-corrected chi connectivity index (χ2v) is 7.83. The van der Waals surface area contributed by atoms with Crippen LogP contribution in [-0.2, 0) is 14.8 Å². The number of anilines is 2. The topological polar surface area (TPSA) is 78.5 Å². The lowest BCUT2D eigenvalue weighted by Gasteiger charge is -2.19. The van der Waals surface area contributed by atoms with Crippen molar-refractivity contribution in [3.63, 3.8) is 0 Å². The molecule has 0 saturated heterocycles. The highest BCUT2D eigenvalue weighted by Crippen LogP contribution is 2.19. The van der Waals surface area contributed by atoms with Gasteiger partial charge in [-0.1, -0.05) is 32.0 Å². The number of sulfonamides is 1. The summed E-state index contributed by atoms with van der Waals surface area (Å²) in [6.07, 6.45) is 0. The summed E-state index contributed by atoms with van der Waals surface area (Å²) in [7, 11) is -3.55. The molecule has 0 fully saturated rings. The van der Waals surface area contributed by atoms with Crippen LogP contribution in [0.1, 0.15) is 19.4 Å². The molecule has 0 aromatic heterocycles. The first-order valence-corrected chi connectivity index (χ1v) is 10.0. The summed E-state index contributed by atoms with van der Waals surface area (Å²) < 4.78 is 26.5. The van der Waals surface area contributed by atoms with Crippen molar-refractivity contribution < 1.29 is 13.2 Å². The number of rotatable bonds is 8. The average molecular weight is 375 g/mol. The molecule has 26 heavy (non-hydrogen) atoms. The molecule has 0 heterocycles. The highest BCUT2D eigenvalue weighted by atomic mass is 32.2. The molecule has 0 saturated carbocycles. The molecule has 2 aromatic rings. The Labute approximate surface area is 155 Å². The summed E-state index contributed by atoms with van der Waals surface area (Å²) in [4.78, 5) is 12.3. The van der Waals surface area contributed by atoms with Gasteiger partial charge in [-0.25, -0.2) is 8.42 Å². The molecule has 0 bridgehead atoms. The molecule has 0 spiro atoms. The molecule has 2 aromatic carbocycles. The van der Waals surface area contributed by atoms with Crippen LogP contribution in [0.2, 0.25) is 0 Å². The van der Waals surface area contributed by atoms with E-state index in [9.17, 15) is 13.2 Å². The third kappa shape index (κ3) is 5.06. The fraction of sp³-hybridized carbons (Fsp3) is 0.316. The maximum Gasteiger partial charge on any atom is 0.243 e. The van der Waals surface area contributed by atoms with E-state index in [1.54, 1.807) is 26.0 Å². The summed E-state index contributed by atoms with van der Waals surface area (Å²) in [5.74, 6) is -0.246. The quantitative estimate of drug-likeness (QED) is 0.743. The second kappa shape index (κ2) is 8.82. The Kier molecular flexibility index (Phi) is 6.76. The van der Waals surface area contributed by atoms with Gasteiger partial charge in [0, 0.05) is 24.5 Å². The first kappa shape index (κ1) is 19.9. The van der Waals surface area contributed by atoms with Crippen LogP contribution in [0.3, 0.4) is 0 Å². The number of hydrogen-bond donors (Lipinski definition) is 2. The van der Waals surface area contributed by atoms with Gasteiger partial charge in [0.2, 0.25) is 15.9 Å². The lowest BCUT2D eigenvalue weighted by molar-refractivity contribution is -0.114. The van der Waals surface area contributed by atoms with Crippen LogP contribution >= 0.6 is 0 Å². The number of carbonyl (C=O) groups excluding carboxylic acids is 1. The predicted octanol–water partition coefficient (Wildman–Crippen LogP) is 3.08. The van der Waals surface area contributed by atoms with Gasteiger partial charge in [-0.05, 0) is 42.8 Å². The van der Waals surface area contributed by atoms with E-state index in [-0.39, 0.29) is 17.3 Å². The molecule has 0 aliphatic rings. The van der Waals surface area contributed by atoms with Crippen molar-refractivity contribution in [2.45, 2.75) is 25.7 Å². The number of aryl methyl sites for hydroxylation is 1. The molecule has 0 unspecified atom stereocenters. The molecule has 0 atom stereocenters. The first-order chi connectivity index (χ1) is 12.4. The van der Waals surface area contributed by atoms with E-state index in [1.807, 2.05) is 31.2 Å². The summed E-state index contributed by atoms with van der Waals surface area (Å²) in [5, 5.41) is 5.78. The summed E-state index contributed by atoms with van der Waals surface area (Å²) in [6, 6.07) is 14.0. The van der Waals surface area contributed by atoms with Crippen molar-refractivity contribution in [2.75, 3.05) is 30.3 Å². The molecule has 7 heteroatoms. The van der Waals surface area contributed by atoms with Gasteiger partial charge >= 0.3 is 0 Å². The molecule has 140 valence electrons. The van der Waals surface area contributed by atoms with Crippen molar-refractivity contribution in [3.8, 4) is 0 Å². The number of hydrogen-bond acceptors (Lipinski definition) is 4. The molecule has 0 radical (unpaired) electrons. The summed E-state index contributed by atoms with van der Waals surface area (Å²) in [6.45, 7) is 6.46. The van der Waals surface area contributed by atoms with Gasteiger partial charge in [-0.15, -0.1) is 0 Å². The van der Waals surface area contributed by atoms with Gasteiger partial charge in [0.1, 0.15) is 0 Å². The van der Waals surface area contributed by atoms with Crippen LogP contribution < -0.4 is 10.6 Å². The lowest BCUT2D eigenvalue weighted by Crippen LogP contribution is -2.30. The fourth-order valence-corrected chi connectivity index (χ4v) is 4.09. The maximum absolute atomic E-state index is 12.6. The van der Waals surface area contributed by atoms with Gasteiger partial charge in [0.05, 0.1) is 11.4 Å². The molecule has 6 nitrogen and oxygen atoms in total. The normalized spacial score (nSPS) is 11.4. The van der Waals surface area contributed by atoms with Crippen molar-refractivity contribution in [1.82, 2.24) is 4.31 Å². The molecule has 2 N–H and O–H groups in total. The minimum atomic E-state index is -3.55. The molecular formula is C19H25N3O3S. The van der Waals surface area contributed by atoms with Crippen LogP contribution in [0.25, 0.3) is 0 Å². The third-order valence-corrected chi connectivity index (χ3v) is 5.98. The standard InChI is InChI=1S/C19H25N3O3S/c1-4-22(5-2)26(24,25)18-11-7-10-17(13-18)21-19(23)14-20-16-9-6-8-15(3)12-16/h6-13,20H,4-5,14H2,1-3H3,(H,21,23). The number of nitrogens with zero attached hydrogens (tertiary/aromatic N) is 1. The second-order valence-electron chi connectivity index (χ2n) is 5.89. The molecule has 1 amide bonds. The Morgan fingerprint density at radius 1 is 1.00 bits per heavy atom. The van der Waals surface area contributed by atoms with Crippen LogP contribution in [0, 0.1) is 6.92 Å². The van der Waals surface area contributed by atoms with Crippen molar-refractivity contribution in [2.24, 2.45) is 0 Å². The maximum atomic E-state index is 12.6. The lowest BCUT2D eigenvalue weighted by atomic mass is 10.2. The largest absolute Gasteiger partial charge is 0.376 e. The van der Waals surface area contributed by atoms with Gasteiger partial charge in [0.15, 0.2) is 0 Å². The highest BCUT2D eigenvalue weighted by Gasteiger charge is 2.21. The van der Waals surface area contributed by atoms with Crippen LogP contribution in [-0.4, -0.2) is 38.3 Å². The van der Waals surface area contributed by atoms with Gasteiger partial charge < -0.3 is 10.6 Å². The highest BCUT2D eigenvalue weighted by molar-refractivity contribution is 7.89. The molecular weight excluding hydrogens is 350 g/mol. The smallest absolute Gasteiger partial charge is 0.243 e. The fourth-order valence-electron chi connectivity index (χ4n) is 2.59. The van der Waals surface area contributed by atoms with Gasteiger partial charge in [0.25, 0.3) is 0 Å². The number of carbonyl (C=O) groups is 1. The van der Waals surface area contributed by atoms with E-state index in [0.717, 1.165) is 11.3 Å². The van der Waals surface area contributed by atoms with Crippen molar-refractivity contribution in [1.29, 1.82) is 0 Å². The molecule has 0 aliphatic heterocycles. The molecule has 2 rings (SSSR count). The van der Waals surface area contributed by atoms with Crippen LogP contribution in [0.4, 0.5) is 11.4 Å². The SMILES string of the molecule is CCN(CC)S(=O)(=O)c1cccc(NC(=O)CNc2cccc(C)c2)c1. The van der Waals surface area contributed by atoms with Gasteiger partial charge in [-0.3, -0.25) is 4.79 Å². The minimum absolute atomic E-state index is 0.0937. The Bertz CT molecular complexity index is 862. The number of benzene rings is 2. The molecule has 0 aliphatic carbocycles. The number of nitrogens with one attached hydrogen (secondary N) is 2. The predicted molar refractivity (Wildman–Crippen MR) is 105 cm³/mol. The zero-order valence-electron chi connectivity index (χ0n) is 15.3. The monoisotopic (exact) mass is 375 g/mol. The van der Waals surface area contributed by atoms with E-state index in [4.69, 9.17) is 0 Å². The van der Waals surface area contributed by atoms with Crippen LogP contribution in [0.5, 0.6) is 0 Å². The van der Waals surface area contributed by atoms with Gasteiger partial charge in [-0.2, -0.15) is 4.31 Å². The van der Waals surface area contributed by atoms with Crippen LogP contribution in [0.15, 0.2) is 53.4 Å². The Morgan fingerprint density at radius 2 is 1.65 bits per heavy atom. The number of amides is 1. The zero-order valence-corrected chi connectivity index (χ0v) is 16.1. The Balaban J connectivity index is 2.05. The third-order valence-electron chi connectivity index (χ3n) is 3.93. The Hall–Kier alpha value is -2.38. The minimum Gasteiger partial charge on any atom is -0.376 e. The van der Waals surface area contributed by atoms with Crippen molar-refractivity contribution in [3.05, 3.63) is 54.1 Å². The zero-order chi connectivity index (χ0) is 19.2. The first-order valence-electron chi connectivity index (χ1n) is 8.57. The summed E-state index contributed by atoms with van der Waals surface area (Å²) >= 11 is 0. The van der Waals surface area contributed by atoms with E-state index >= 15 is 0 Å².